The van der Waals surface area contributed by atoms with Gasteiger partial charge >= 0.3 is 0 Å². The molecule has 0 saturated heterocycles. The van der Waals surface area contributed by atoms with E-state index in [1.165, 1.54) is 12.5 Å². The summed E-state index contributed by atoms with van der Waals surface area (Å²) in [5, 5.41) is 22.4. The fraction of sp³-hybridized carbons (Fsp3) is 0.631. The molecular weight excluding hydrogens is 1200 g/mol. The number of aromatic amines is 2. The number of rotatable bonds is 47. The van der Waals surface area contributed by atoms with Crippen LogP contribution in [0, 0.1) is 53.3 Å². The fourth-order valence-corrected chi connectivity index (χ4v) is 11.1. The number of carbonyl (C=O) groups excluding carboxylic acids is 11. The summed E-state index contributed by atoms with van der Waals surface area (Å²) in [7, 11) is 0. The van der Waals surface area contributed by atoms with E-state index in [0.717, 1.165) is 10.9 Å². The topological polar surface area (TPSA) is 507 Å². The summed E-state index contributed by atoms with van der Waals surface area (Å²) in [6, 6.07) is 1.78. The van der Waals surface area contributed by atoms with Crippen LogP contribution in [-0.2, 0) is 65.6 Å². The van der Waals surface area contributed by atoms with Crippen molar-refractivity contribution >= 4 is 87.2 Å². The highest BCUT2D eigenvalue weighted by molar-refractivity contribution is 5.99. The Balaban J connectivity index is 1.94. The number of nitrogens with two attached hydrogens (primary N) is 7. The zero-order valence-electron chi connectivity index (χ0n) is 55.4. The van der Waals surface area contributed by atoms with Crippen molar-refractivity contribution in [2.45, 2.75) is 188 Å². The number of ketones is 5. The van der Waals surface area contributed by atoms with Crippen molar-refractivity contribution in [1.82, 2.24) is 36.2 Å². The third-order valence-electron chi connectivity index (χ3n) is 17.1. The van der Waals surface area contributed by atoms with Gasteiger partial charge in [-0.1, -0.05) is 79.5 Å². The van der Waals surface area contributed by atoms with E-state index >= 15 is 0 Å². The van der Waals surface area contributed by atoms with E-state index in [0.29, 0.717) is 43.5 Å². The van der Waals surface area contributed by atoms with Crippen molar-refractivity contribution in [1.29, 1.82) is 0 Å². The highest BCUT2D eigenvalue weighted by Gasteiger charge is 2.39. The van der Waals surface area contributed by atoms with Crippen LogP contribution in [0.1, 0.15) is 157 Å². The second kappa shape index (κ2) is 39.9. The van der Waals surface area contributed by atoms with Gasteiger partial charge < -0.3 is 76.5 Å². The number of Topliss-reactive ketones (excluding diaryl/α,β-unsaturated/α-hetero) is 5. The third kappa shape index (κ3) is 27.4. The lowest BCUT2D eigenvalue weighted by molar-refractivity contribution is -0.137. The third-order valence-corrected chi connectivity index (χ3v) is 17.1. The van der Waals surface area contributed by atoms with Gasteiger partial charge in [-0.05, 0) is 74.8 Å². The van der Waals surface area contributed by atoms with Crippen molar-refractivity contribution in [2.24, 2.45) is 103 Å². The molecule has 28 nitrogen and oxygen atoms in total. The second-order valence-electron chi connectivity index (χ2n) is 25.4. The van der Waals surface area contributed by atoms with E-state index in [1.807, 2.05) is 52.0 Å². The Bertz CT molecular complexity index is 3030. The van der Waals surface area contributed by atoms with Crippen molar-refractivity contribution in [3.63, 3.8) is 0 Å². The van der Waals surface area contributed by atoms with Gasteiger partial charge in [0.25, 0.3) is 0 Å². The number of guanidine groups is 2. The maximum Gasteiger partial charge on any atom is 0.226 e. The van der Waals surface area contributed by atoms with Crippen LogP contribution in [0.2, 0.25) is 0 Å². The molecule has 1 unspecified atom stereocenters. The number of amides is 6. The molecular formula is C65H104N16O12. The Morgan fingerprint density at radius 1 is 0.570 bits per heavy atom. The second-order valence-corrected chi connectivity index (χ2v) is 25.4. The van der Waals surface area contributed by atoms with Crippen LogP contribution in [0.5, 0.6) is 0 Å². The molecule has 0 aliphatic carbocycles. The van der Waals surface area contributed by atoms with E-state index in [1.54, 1.807) is 33.9 Å². The Labute approximate surface area is 544 Å². The number of benzene rings is 1. The number of carbonyl (C=O) groups is 11. The minimum Gasteiger partial charge on any atom is -0.396 e. The Morgan fingerprint density at radius 2 is 1.11 bits per heavy atom. The molecule has 28 heteroatoms. The molecule has 0 radical (unpaired) electrons. The summed E-state index contributed by atoms with van der Waals surface area (Å²) in [5.74, 6) is -14.6. The smallest absolute Gasteiger partial charge is 0.226 e. The van der Waals surface area contributed by atoms with Crippen LogP contribution in [0.25, 0.3) is 10.9 Å². The molecule has 0 saturated carbocycles. The van der Waals surface area contributed by atoms with E-state index in [4.69, 9.17) is 40.1 Å². The summed E-state index contributed by atoms with van der Waals surface area (Å²) in [6.45, 7) is 13.9. The van der Waals surface area contributed by atoms with Gasteiger partial charge in [0, 0.05) is 117 Å². The van der Waals surface area contributed by atoms with E-state index in [2.05, 4.69) is 46.2 Å². The number of H-pyrrole nitrogens is 2. The molecule has 21 N–H and O–H groups in total. The van der Waals surface area contributed by atoms with Crippen LogP contribution in [-0.4, -0.2) is 146 Å². The Hall–Kier alpha value is -8.40. The number of nitrogens with one attached hydrogen (secondary N) is 6. The van der Waals surface area contributed by atoms with Gasteiger partial charge in [-0.25, -0.2) is 4.98 Å². The van der Waals surface area contributed by atoms with Gasteiger partial charge in [-0.2, -0.15) is 0 Å². The van der Waals surface area contributed by atoms with Crippen molar-refractivity contribution in [3.8, 4) is 0 Å². The minimum absolute atomic E-state index is 0.0521. The number of primary amides is 2. The Morgan fingerprint density at radius 3 is 1.67 bits per heavy atom. The predicted molar refractivity (Wildman–Crippen MR) is 353 cm³/mol. The normalized spacial score (nSPS) is 15.6. The van der Waals surface area contributed by atoms with E-state index in [9.17, 15) is 57.8 Å². The van der Waals surface area contributed by atoms with Gasteiger partial charge in [-0.15, -0.1) is 0 Å². The molecule has 2 heterocycles. The molecule has 6 amide bonds. The molecule has 93 heavy (non-hydrogen) atoms. The zero-order chi connectivity index (χ0) is 69.6. The minimum atomic E-state index is -1.28. The number of fused-ring (bicyclic) bond motifs is 1. The standard InChI is InChI=1S/C65H104N16O12/c1-9-36(5)47(30-55(86)50(22-39(8)66)79-60(90)40(16-14-20-75-65(71)72)25-53(84)49(21-35(3)4)78-62(92)44(33-82)28-52(83)38(7)15-13-19-74-64(69)70)63(93)81-58(37(6)10-2)56(87)27-42(23-45-32-73-34-77-45)61(91)80-51(54(85)26-41(59(68)89)29-57(67)88)24-43-31-76-48-18-12-11-17-46(43)48/h11-12,17-18,31-32,34-42,44,47,49-51,58,76,82H,9-10,13-16,19-30,33,66H2,1-8H3,(H2,67,88)(H2,68,89)(H,73,77)(H,78,92)(H,79,90)(H,80,91)(H,81,93)(H4,69,70,74)(H4,71,72,75)/t36-,37-,38-,39?,40+,41-,42+,44-,47-,49-,50-,51-,58-/m0/s1. The van der Waals surface area contributed by atoms with Crippen molar-refractivity contribution in [2.75, 3.05) is 19.7 Å². The first-order chi connectivity index (χ1) is 43.9. The molecule has 2 aromatic heterocycles. The molecule has 1 aromatic carbocycles. The molecule has 0 spiro atoms. The molecule has 0 bridgehead atoms. The summed E-state index contributed by atoms with van der Waals surface area (Å²) in [5.41, 5.74) is 41.2. The lowest BCUT2D eigenvalue weighted by atomic mass is 9.83. The number of aromatic nitrogens is 3. The number of aliphatic hydroxyl groups is 1. The number of para-hydroxylation sites is 1. The summed E-state index contributed by atoms with van der Waals surface area (Å²) in [4.78, 5) is 172. The van der Waals surface area contributed by atoms with Crippen molar-refractivity contribution < 1.29 is 57.8 Å². The number of hydrogen-bond acceptors (Lipinski definition) is 16. The van der Waals surface area contributed by atoms with E-state index in [-0.39, 0.29) is 75.1 Å². The first-order valence-corrected chi connectivity index (χ1v) is 32.3. The van der Waals surface area contributed by atoms with Crippen LogP contribution < -0.4 is 61.4 Å². The first kappa shape index (κ1) is 78.8. The summed E-state index contributed by atoms with van der Waals surface area (Å²) in [6.07, 6.45) is 3.98. The summed E-state index contributed by atoms with van der Waals surface area (Å²) >= 11 is 0. The largest absolute Gasteiger partial charge is 0.396 e. The average molecular weight is 1300 g/mol. The Kier molecular flexibility index (Phi) is 33.8. The highest BCUT2D eigenvalue weighted by atomic mass is 16.3. The molecule has 13 atom stereocenters. The zero-order valence-corrected chi connectivity index (χ0v) is 55.4. The van der Waals surface area contributed by atoms with Gasteiger partial charge in [-0.3, -0.25) is 62.7 Å². The number of aliphatic imine (C=N–C) groups is 2. The molecule has 3 aromatic rings. The maximum absolute atomic E-state index is 14.9. The maximum atomic E-state index is 14.9. The molecule has 0 aliphatic heterocycles. The number of imidazole rings is 1. The van der Waals surface area contributed by atoms with Gasteiger partial charge in [0.15, 0.2) is 35.1 Å². The number of aliphatic hydroxyl groups excluding tert-OH is 1. The highest BCUT2D eigenvalue weighted by Crippen LogP contribution is 2.27. The van der Waals surface area contributed by atoms with Gasteiger partial charge in [0.1, 0.15) is 5.78 Å². The SMILES string of the molecule is CC[C@H](C)[C@H](CC(=O)[C@H](CC(C)N)NC(=O)[C@H](CCCN=C(N)N)CC(=O)[C@H](CC(C)C)NC(=O)[C@H](CO)CC(=O)[C@@H](C)CCCN=C(N)N)C(=O)N[C@H](C(=O)C[C@@H](Cc1cnc[nH]1)C(=O)N[C@@H](Cc1c[nH]c2ccccc12)C(=O)C[C@@H](CC(N)=O)C(N)=O)[C@@H](C)CC. The van der Waals surface area contributed by atoms with E-state index < -0.39 is 175 Å². The van der Waals surface area contributed by atoms with Crippen LogP contribution in [0.15, 0.2) is 53.0 Å². The summed E-state index contributed by atoms with van der Waals surface area (Å²) < 4.78 is 0. The first-order valence-electron chi connectivity index (χ1n) is 32.3. The lowest BCUT2D eigenvalue weighted by Gasteiger charge is -2.30. The molecule has 0 fully saturated rings. The molecule has 516 valence electrons. The quantitative estimate of drug-likeness (QED) is 0.0216. The van der Waals surface area contributed by atoms with Crippen molar-refractivity contribution in [3.05, 3.63) is 54.2 Å². The van der Waals surface area contributed by atoms with Crippen LogP contribution in [0.4, 0.5) is 0 Å². The lowest BCUT2D eigenvalue weighted by Crippen LogP contribution is -2.52. The number of nitrogens with zero attached hydrogens (tertiary/aromatic N) is 3. The van der Waals surface area contributed by atoms with Gasteiger partial charge in [0.05, 0.1) is 54.9 Å². The van der Waals surface area contributed by atoms with Crippen LogP contribution >= 0.6 is 0 Å². The molecule has 0 aliphatic rings. The fourth-order valence-electron chi connectivity index (χ4n) is 11.1. The molecule has 3 rings (SSSR count). The monoisotopic (exact) mass is 1300 g/mol. The number of hydrogen-bond donors (Lipinski definition) is 14. The predicted octanol–water partition coefficient (Wildman–Crippen LogP) is 1.46. The van der Waals surface area contributed by atoms with Gasteiger partial charge in [0.2, 0.25) is 35.4 Å². The van der Waals surface area contributed by atoms with Crippen LogP contribution in [0.3, 0.4) is 0 Å². The average Bonchev–Trinajstić information content (AvgIpc) is 1.79.